The van der Waals surface area contributed by atoms with E-state index >= 15 is 0 Å². The van der Waals surface area contributed by atoms with Gasteiger partial charge in [0.15, 0.2) is 0 Å². The van der Waals surface area contributed by atoms with Crippen molar-refractivity contribution in [2.24, 2.45) is 0 Å². The summed E-state index contributed by atoms with van der Waals surface area (Å²) < 4.78 is 0. The van der Waals surface area contributed by atoms with Crippen molar-refractivity contribution in [3.05, 3.63) is 35.9 Å². The quantitative estimate of drug-likeness (QED) is 0.920. The number of nitrogens with zero attached hydrogens (tertiary/aromatic N) is 2. The maximum atomic E-state index is 3.44. The van der Waals surface area contributed by atoms with Gasteiger partial charge in [-0.05, 0) is 31.5 Å². The fourth-order valence-corrected chi connectivity index (χ4v) is 3.33. The highest BCUT2D eigenvalue weighted by atomic mass is 35.5. The van der Waals surface area contributed by atoms with Gasteiger partial charge in [-0.1, -0.05) is 30.3 Å². The fraction of sp³-hybridized carbons (Fsp3) is 0.625. The molecule has 112 valence electrons. The largest absolute Gasteiger partial charge is 0.314 e. The second-order valence-electron chi connectivity index (χ2n) is 5.78. The summed E-state index contributed by atoms with van der Waals surface area (Å²) in [7, 11) is 0. The number of likely N-dealkylation sites (tertiary alicyclic amines) is 1. The highest BCUT2D eigenvalue weighted by Crippen LogP contribution is 2.18. The van der Waals surface area contributed by atoms with Gasteiger partial charge in [-0.3, -0.25) is 9.80 Å². The number of hydrogen-bond donors (Lipinski definition) is 1. The lowest BCUT2D eigenvalue weighted by molar-refractivity contribution is 0.0948. The van der Waals surface area contributed by atoms with Crippen LogP contribution in [0.3, 0.4) is 0 Å². The normalized spacial score (nSPS) is 22.4. The molecular weight excluding hydrogens is 270 g/mol. The van der Waals surface area contributed by atoms with Crippen LogP contribution in [-0.2, 0) is 6.54 Å². The molecule has 0 amide bonds. The molecule has 0 radical (unpaired) electrons. The van der Waals surface area contributed by atoms with E-state index in [2.05, 4.69) is 45.4 Å². The lowest BCUT2D eigenvalue weighted by Crippen LogP contribution is -2.51. The van der Waals surface area contributed by atoms with E-state index < -0.39 is 0 Å². The van der Waals surface area contributed by atoms with Crippen molar-refractivity contribution in [2.75, 3.05) is 39.3 Å². The minimum absolute atomic E-state index is 0. The minimum Gasteiger partial charge on any atom is -0.314 e. The zero-order chi connectivity index (χ0) is 12.9. The van der Waals surface area contributed by atoms with Gasteiger partial charge >= 0.3 is 0 Å². The van der Waals surface area contributed by atoms with Crippen LogP contribution in [0, 0.1) is 0 Å². The molecular formula is C16H26ClN3. The van der Waals surface area contributed by atoms with E-state index in [1.54, 1.807) is 0 Å². The van der Waals surface area contributed by atoms with Gasteiger partial charge in [-0.2, -0.15) is 0 Å². The van der Waals surface area contributed by atoms with Crippen molar-refractivity contribution in [3.8, 4) is 0 Å². The molecule has 0 unspecified atom stereocenters. The van der Waals surface area contributed by atoms with Crippen molar-refractivity contribution < 1.29 is 0 Å². The van der Waals surface area contributed by atoms with Crippen LogP contribution in [0.2, 0.25) is 0 Å². The highest BCUT2D eigenvalue weighted by molar-refractivity contribution is 5.85. The van der Waals surface area contributed by atoms with Gasteiger partial charge in [0.1, 0.15) is 0 Å². The summed E-state index contributed by atoms with van der Waals surface area (Å²) in [6.07, 6.45) is 2.68. The maximum absolute atomic E-state index is 3.44. The molecule has 4 heteroatoms. The molecule has 0 bridgehead atoms. The summed E-state index contributed by atoms with van der Waals surface area (Å²) in [6, 6.07) is 11.7. The predicted molar refractivity (Wildman–Crippen MR) is 86.4 cm³/mol. The average Bonchev–Trinajstić information content (AvgIpc) is 2.50. The van der Waals surface area contributed by atoms with Crippen molar-refractivity contribution in [1.82, 2.24) is 15.1 Å². The Morgan fingerprint density at radius 1 is 0.950 bits per heavy atom. The Bertz CT molecular complexity index is 371. The molecule has 0 spiro atoms. The van der Waals surface area contributed by atoms with Crippen LogP contribution in [-0.4, -0.2) is 55.1 Å². The first kappa shape index (κ1) is 15.8. The highest BCUT2D eigenvalue weighted by Gasteiger charge is 2.25. The number of piperazine rings is 1. The van der Waals surface area contributed by atoms with Gasteiger partial charge in [0, 0.05) is 38.8 Å². The number of hydrogen-bond acceptors (Lipinski definition) is 3. The summed E-state index contributed by atoms with van der Waals surface area (Å²) in [5.41, 5.74) is 1.45. The summed E-state index contributed by atoms with van der Waals surface area (Å²) in [4.78, 5) is 5.30. The Morgan fingerprint density at radius 3 is 2.25 bits per heavy atom. The Labute approximate surface area is 128 Å². The van der Waals surface area contributed by atoms with Crippen molar-refractivity contribution in [3.63, 3.8) is 0 Å². The van der Waals surface area contributed by atoms with Crippen LogP contribution in [0.25, 0.3) is 0 Å². The maximum Gasteiger partial charge on any atom is 0.0233 e. The van der Waals surface area contributed by atoms with Gasteiger partial charge in [0.05, 0.1) is 0 Å². The van der Waals surface area contributed by atoms with E-state index in [4.69, 9.17) is 0 Å². The van der Waals surface area contributed by atoms with Crippen LogP contribution in [0.15, 0.2) is 30.3 Å². The molecule has 20 heavy (non-hydrogen) atoms. The van der Waals surface area contributed by atoms with Crippen LogP contribution in [0.4, 0.5) is 0 Å². The van der Waals surface area contributed by atoms with Crippen LogP contribution >= 0.6 is 12.4 Å². The molecule has 3 nitrogen and oxygen atoms in total. The van der Waals surface area contributed by atoms with E-state index in [0.29, 0.717) is 0 Å². The van der Waals surface area contributed by atoms with Crippen molar-refractivity contribution in [1.29, 1.82) is 0 Å². The molecule has 1 N–H and O–H groups in total. The molecule has 1 aromatic carbocycles. The van der Waals surface area contributed by atoms with E-state index in [9.17, 15) is 0 Å². The standard InChI is InChI=1S/C16H25N3.ClH/c1-2-4-15(5-3-1)14-18-10-6-16(7-11-18)19-12-8-17-9-13-19;/h1-5,16-17H,6-14H2;1H. The Morgan fingerprint density at radius 2 is 1.60 bits per heavy atom. The minimum atomic E-state index is 0. The van der Waals surface area contributed by atoms with Gasteiger partial charge in [0.25, 0.3) is 0 Å². The Balaban J connectivity index is 0.00000147. The lowest BCUT2D eigenvalue weighted by Gasteiger charge is -2.40. The van der Waals surface area contributed by atoms with Gasteiger partial charge in [-0.15, -0.1) is 12.4 Å². The van der Waals surface area contributed by atoms with Gasteiger partial charge < -0.3 is 5.32 Å². The molecule has 0 saturated carbocycles. The molecule has 2 aliphatic heterocycles. The zero-order valence-corrected chi connectivity index (χ0v) is 12.9. The molecule has 2 saturated heterocycles. The Hall–Kier alpha value is -0.610. The number of nitrogens with one attached hydrogen (secondary N) is 1. The van der Waals surface area contributed by atoms with E-state index in [1.165, 1.54) is 57.7 Å². The molecule has 0 aromatic heterocycles. The second-order valence-corrected chi connectivity index (χ2v) is 5.78. The summed E-state index contributed by atoms with van der Waals surface area (Å²) in [5.74, 6) is 0. The average molecular weight is 296 g/mol. The first-order chi connectivity index (χ1) is 9.42. The third kappa shape index (κ3) is 4.19. The molecule has 0 aliphatic carbocycles. The summed E-state index contributed by atoms with van der Waals surface area (Å²) in [6.45, 7) is 8.45. The van der Waals surface area contributed by atoms with Gasteiger partial charge in [-0.25, -0.2) is 0 Å². The smallest absolute Gasteiger partial charge is 0.0233 e. The monoisotopic (exact) mass is 295 g/mol. The van der Waals surface area contributed by atoms with Gasteiger partial charge in [0.2, 0.25) is 0 Å². The SMILES string of the molecule is Cl.c1ccc(CN2CCC(N3CCNCC3)CC2)cc1. The summed E-state index contributed by atoms with van der Waals surface area (Å²) >= 11 is 0. The summed E-state index contributed by atoms with van der Waals surface area (Å²) in [5, 5.41) is 3.44. The van der Waals surface area contributed by atoms with Crippen LogP contribution in [0.5, 0.6) is 0 Å². The van der Waals surface area contributed by atoms with E-state index in [-0.39, 0.29) is 12.4 Å². The number of piperidine rings is 1. The molecule has 2 heterocycles. The third-order valence-electron chi connectivity index (χ3n) is 4.47. The topological polar surface area (TPSA) is 18.5 Å². The van der Waals surface area contributed by atoms with Crippen LogP contribution in [0.1, 0.15) is 18.4 Å². The lowest BCUT2D eigenvalue weighted by atomic mass is 10.0. The molecule has 0 atom stereocenters. The first-order valence-electron chi connectivity index (χ1n) is 7.63. The Kier molecular flexibility index (Phi) is 6.30. The first-order valence-corrected chi connectivity index (χ1v) is 7.63. The number of rotatable bonds is 3. The predicted octanol–water partition coefficient (Wildman–Crippen LogP) is 1.98. The number of benzene rings is 1. The molecule has 1 aromatic rings. The van der Waals surface area contributed by atoms with Crippen molar-refractivity contribution >= 4 is 12.4 Å². The third-order valence-corrected chi connectivity index (χ3v) is 4.47. The van der Waals surface area contributed by atoms with Crippen LogP contribution < -0.4 is 5.32 Å². The van der Waals surface area contributed by atoms with E-state index in [0.717, 1.165) is 12.6 Å². The molecule has 2 aliphatic rings. The number of halogens is 1. The zero-order valence-electron chi connectivity index (χ0n) is 12.1. The second kappa shape index (κ2) is 7.99. The van der Waals surface area contributed by atoms with Crippen molar-refractivity contribution in [2.45, 2.75) is 25.4 Å². The molecule has 2 fully saturated rings. The molecule has 3 rings (SSSR count). The fourth-order valence-electron chi connectivity index (χ4n) is 3.33. The van der Waals surface area contributed by atoms with E-state index in [1.807, 2.05) is 0 Å².